The number of amides is 1. The van der Waals surface area contributed by atoms with Crippen molar-refractivity contribution in [1.29, 1.82) is 0 Å². The van der Waals surface area contributed by atoms with Crippen LogP contribution in [-0.2, 0) is 17.6 Å². The van der Waals surface area contributed by atoms with Gasteiger partial charge < -0.3 is 14.4 Å². The van der Waals surface area contributed by atoms with Crippen molar-refractivity contribution in [2.45, 2.75) is 38.6 Å². The molecule has 4 nitrogen and oxygen atoms in total. The summed E-state index contributed by atoms with van der Waals surface area (Å²) in [6.45, 7) is 2.85. The van der Waals surface area contributed by atoms with Gasteiger partial charge in [0, 0.05) is 12.6 Å². The Labute approximate surface area is 137 Å². The molecule has 1 aliphatic rings. The number of hydrogen-bond donors (Lipinski definition) is 0. The summed E-state index contributed by atoms with van der Waals surface area (Å²) in [7, 11) is 3.29. The SMILES string of the molecule is CCCN(C(=O)CCl)C1CCc2cc(OC)c(OC)cc2C1. The Morgan fingerprint density at radius 2 is 1.91 bits per heavy atom. The maximum atomic E-state index is 12.1. The molecule has 122 valence electrons. The summed E-state index contributed by atoms with van der Waals surface area (Å²) in [6, 6.07) is 4.31. The van der Waals surface area contributed by atoms with Crippen LogP contribution in [0.4, 0.5) is 0 Å². The number of halogens is 1. The third-order valence-corrected chi connectivity index (χ3v) is 4.48. The van der Waals surface area contributed by atoms with Crippen LogP contribution in [0.1, 0.15) is 30.9 Å². The first-order valence-corrected chi connectivity index (χ1v) is 8.27. The van der Waals surface area contributed by atoms with Crippen molar-refractivity contribution < 1.29 is 14.3 Å². The molecular formula is C17H24ClNO3. The van der Waals surface area contributed by atoms with Crippen LogP contribution in [0, 0.1) is 0 Å². The van der Waals surface area contributed by atoms with Gasteiger partial charge in [0.05, 0.1) is 14.2 Å². The quantitative estimate of drug-likeness (QED) is 0.755. The van der Waals surface area contributed by atoms with Crippen LogP contribution in [-0.4, -0.2) is 43.5 Å². The summed E-state index contributed by atoms with van der Waals surface area (Å²) in [5, 5.41) is 0. The Balaban J connectivity index is 2.24. The molecule has 0 saturated carbocycles. The van der Waals surface area contributed by atoms with Gasteiger partial charge >= 0.3 is 0 Å². The lowest BCUT2D eigenvalue weighted by atomic mass is 9.87. The molecule has 1 unspecified atom stereocenters. The number of carbonyl (C=O) groups excluding carboxylic acids is 1. The average molecular weight is 326 g/mol. The van der Waals surface area contributed by atoms with E-state index in [2.05, 4.69) is 13.0 Å². The van der Waals surface area contributed by atoms with E-state index < -0.39 is 0 Å². The summed E-state index contributed by atoms with van der Waals surface area (Å²) in [6.07, 6.45) is 3.69. The minimum absolute atomic E-state index is 0.0254. The molecular weight excluding hydrogens is 302 g/mol. The zero-order valence-corrected chi connectivity index (χ0v) is 14.3. The highest BCUT2D eigenvalue weighted by atomic mass is 35.5. The Hall–Kier alpha value is -1.42. The molecule has 2 rings (SSSR count). The van der Waals surface area contributed by atoms with Crippen LogP contribution in [0.3, 0.4) is 0 Å². The van der Waals surface area contributed by atoms with Gasteiger partial charge in [0.25, 0.3) is 0 Å². The number of hydrogen-bond acceptors (Lipinski definition) is 3. The van der Waals surface area contributed by atoms with Gasteiger partial charge in [0.15, 0.2) is 11.5 Å². The normalized spacial score (nSPS) is 16.8. The van der Waals surface area contributed by atoms with Crippen LogP contribution in [0.15, 0.2) is 12.1 Å². The first-order valence-electron chi connectivity index (χ1n) is 7.73. The lowest BCUT2D eigenvalue weighted by molar-refractivity contribution is -0.131. The maximum absolute atomic E-state index is 12.1. The number of alkyl halides is 1. The van der Waals surface area contributed by atoms with Gasteiger partial charge in [-0.2, -0.15) is 0 Å². The number of methoxy groups -OCH3 is 2. The van der Waals surface area contributed by atoms with Gasteiger partial charge in [0.2, 0.25) is 5.91 Å². The van der Waals surface area contributed by atoms with E-state index in [1.165, 1.54) is 11.1 Å². The van der Waals surface area contributed by atoms with Crippen LogP contribution < -0.4 is 9.47 Å². The van der Waals surface area contributed by atoms with Gasteiger partial charge in [-0.15, -0.1) is 11.6 Å². The smallest absolute Gasteiger partial charge is 0.237 e. The van der Waals surface area contributed by atoms with Gasteiger partial charge in [-0.3, -0.25) is 4.79 Å². The Bertz CT molecular complexity index is 533. The van der Waals surface area contributed by atoms with Gasteiger partial charge in [-0.1, -0.05) is 6.92 Å². The molecule has 1 aliphatic carbocycles. The van der Waals surface area contributed by atoms with Crippen LogP contribution in [0.25, 0.3) is 0 Å². The third-order valence-electron chi connectivity index (χ3n) is 4.25. The van der Waals surface area contributed by atoms with Crippen LogP contribution >= 0.6 is 11.6 Å². The molecule has 5 heteroatoms. The Morgan fingerprint density at radius 3 is 2.45 bits per heavy atom. The number of carbonyl (C=O) groups is 1. The molecule has 0 heterocycles. The second-order valence-corrected chi connectivity index (χ2v) is 5.86. The minimum Gasteiger partial charge on any atom is -0.493 e. The van der Waals surface area contributed by atoms with Crippen molar-refractivity contribution in [3.8, 4) is 11.5 Å². The number of fused-ring (bicyclic) bond motifs is 1. The largest absolute Gasteiger partial charge is 0.493 e. The first-order chi connectivity index (χ1) is 10.6. The molecule has 1 aromatic carbocycles. The highest BCUT2D eigenvalue weighted by Gasteiger charge is 2.27. The summed E-state index contributed by atoms with van der Waals surface area (Å²) in [4.78, 5) is 14.0. The molecule has 1 aromatic rings. The number of ether oxygens (including phenoxy) is 2. The summed E-state index contributed by atoms with van der Waals surface area (Å²) >= 11 is 5.76. The van der Waals surface area contributed by atoms with Crippen LogP contribution in [0.5, 0.6) is 11.5 Å². The fourth-order valence-corrected chi connectivity index (χ4v) is 3.31. The molecule has 0 bridgehead atoms. The van der Waals surface area contributed by atoms with Crippen molar-refractivity contribution in [3.05, 3.63) is 23.3 Å². The van der Waals surface area contributed by atoms with E-state index in [-0.39, 0.29) is 17.8 Å². The van der Waals surface area contributed by atoms with E-state index in [1.54, 1.807) is 14.2 Å². The summed E-state index contributed by atoms with van der Waals surface area (Å²) in [5.41, 5.74) is 2.51. The predicted molar refractivity (Wildman–Crippen MR) is 88.1 cm³/mol. The monoisotopic (exact) mass is 325 g/mol. The van der Waals surface area contributed by atoms with Crippen molar-refractivity contribution in [1.82, 2.24) is 4.90 Å². The van der Waals surface area contributed by atoms with Crippen molar-refractivity contribution >= 4 is 17.5 Å². The van der Waals surface area contributed by atoms with Crippen molar-refractivity contribution in [2.75, 3.05) is 26.6 Å². The predicted octanol–water partition coefficient (Wildman–Crippen LogP) is 3.04. The Kier molecular flexibility index (Phi) is 5.95. The average Bonchev–Trinajstić information content (AvgIpc) is 2.57. The molecule has 0 saturated heterocycles. The van der Waals surface area contributed by atoms with Gasteiger partial charge in [-0.25, -0.2) is 0 Å². The summed E-state index contributed by atoms with van der Waals surface area (Å²) < 4.78 is 10.8. The van der Waals surface area contributed by atoms with Crippen molar-refractivity contribution in [2.24, 2.45) is 0 Å². The zero-order chi connectivity index (χ0) is 16.1. The molecule has 0 radical (unpaired) electrons. The van der Waals surface area contributed by atoms with Gasteiger partial charge in [0.1, 0.15) is 5.88 Å². The molecule has 0 aliphatic heterocycles. The van der Waals surface area contributed by atoms with E-state index in [0.29, 0.717) is 0 Å². The second kappa shape index (κ2) is 7.73. The number of benzene rings is 1. The highest BCUT2D eigenvalue weighted by molar-refractivity contribution is 6.27. The molecule has 0 fully saturated rings. The fraction of sp³-hybridized carbons (Fsp3) is 0.588. The molecule has 22 heavy (non-hydrogen) atoms. The first kappa shape index (κ1) is 16.9. The lowest BCUT2D eigenvalue weighted by Gasteiger charge is -2.35. The fourth-order valence-electron chi connectivity index (χ4n) is 3.16. The molecule has 1 amide bonds. The topological polar surface area (TPSA) is 38.8 Å². The van der Waals surface area contributed by atoms with E-state index in [1.807, 2.05) is 11.0 Å². The van der Waals surface area contributed by atoms with E-state index in [0.717, 1.165) is 43.7 Å². The molecule has 0 aromatic heterocycles. The number of aryl methyl sites for hydroxylation is 1. The second-order valence-electron chi connectivity index (χ2n) is 5.59. The standard InChI is InChI=1S/C17H24ClNO3/c1-4-7-19(17(20)11-18)14-6-5-12-9-15(21-2)16(22-3)10-13(12)8-14/h9-10,14H,4-8,11H2,1-3H3. The van der Waals surface area contributed by atoms with E-state index in [4.69, 9.17) is 21.1 Å². The van der Waals surface area contributed by atoms with E-state index >= 15 is 0 Å². The van der Waals surface area contributed by atoms with E-state index in [9.17, 15) is 4.79 Å². The zero-order valence-electron chi connectivity index (χ0n) is 13.5. The van der Waals surface area contributed by atoms with Crippen molar-refractivity contribution in [3.63, 3.8) is 0 Å². The molecule has 0 spiro atoms. The number of rotatable bonds is 6. The minimum atomic E-state index is 0.0254. The van der Waals surface area contributed by atoms with Gasteiger partial charge in [-0.05, 0) is 48.9 Å². The molecule has 0 N–H and O–H groups in total. The highest BCUT2D eigenvalue weighted by Crippen LogP contribution is 2.35. The number of nitrogens with zero attached hydrogens (tertiary/aromatic N) is 1. The van der Waals surface area contributed by atoms with Crippen LogP contribution in [0.2, 0.25) is 0 Å². The molecule has 1 atom stereocenters. The lowest BCUT2D eigenvalue weighted by Crippen LogP contribution is -2.44. The maximum Gasteiger partial charge on any atom is 0.237 e. The third kappa shape index (κ3) is 3.49. The summed E-state index contributed by atoms with van der Waals surface area (Å²) in [5.74, 6) is 1.59. The Morgan fingerprint density at radius 1 is 1.27 bits per heavy atom.